The minimum atomic E-state index is -0.726. The Bertz CT molecular complexity index is 916. The summed E-state index contributed by atoms with van der Waals surface area (Å²) in [6, 6.07) is 12.1. The van der Waals surface area contributed by atoms with E-state index in [9.17, 15) is 14.4 Å². The van der Waals surface area contributed by atoms with Crippen molar-refractivity contribution < 1.29 is 23.9 Å². The third-order valence-electron chi connectivity index (χ3n) is 5.38. The van der Waals surface area contributed by atoms with Gasteiger partial charge in [0, 0.05) is 23.7 Å². The van der Waals surface area contributed by atoms with E-state index in [0.29, 0.717) is 42.0 Å². The van der Waals surface area contributed by atoms with Crippen molar-refractivity contribution in [1.29, 1.82) is 0 Å². The summed E-state index contributed by atoms with van der Waals surface area (Å²) in [5.41, 5.74) is 1.10. The maximum atomic E-state index is 12.6. The third-order valence-corrected chi connectivity index (χ3v) is 5.38. The van der Waals surface area contributed by atoms with Gasteiger partial charge in [0.15, 0.2) is 0 Å². The fraction of sp³-hybridized carbons (Fsp3) is 0.318. The summed E-state index contributed by atoms with van der Waals surface area (Å²) in [6.07, 6.45) is 1.38. The van der Waals surface area contributed by atoms with Crippen LogP contribution in [0.25, 0.3) is 0 Å². The first-order valence-corrected chi connectivity index (χ1v) is 9.41. The molecule has 7 heteroatoms. The van der Waals surface area contributed by atoms with Crippen molar-refractivity contribution in [1.82, 2.24) is 5.32 Å². The predicted molar refractivity (Wildman–Crippen MR) is 108 cm³/mol. The Morgan fingerprint density at radius 3 is 2.21 bits per heavy atom. The van der Waals surface area contributed by atoms with Gasteiger partial charge in [-0.25, -0.2) is 0 Å². The maximum absolute atomic E-state index is 12.6. The fourth-order valence-corrected chi connectivity index (χ4v) is 3.58. The van der Waals surface area contributed by atoms with Gasteiger partial charge in [0.25, 0.3) is 5.91 Å². The predicted octanol–water partition coefficient (Wildman–Crippen LogP) is 3.04. The quantitative estimate of drug-likeness (QED) is 0.732. The lowest BCUT2D eigenvalue weighted by atomic mass is 9.72. The molecule has 0 saturated carbocycles. The number of carbonyl (C=O) groups excluding carboxylic acids is 3. The van der Waals surface area contributed by atoms with E-state index in [1.54, 1.807) is 30.3 Å². The molecule has 29 heavy (non-hydrogen) atoms. The summed E-state index contributed by atoms with van der Waals surface area (Å²) in [6.45, 7) is 1.93. The minimum absolute atomic E-state index is 0.239. The molecule has 0 unspecified atom stereocenters. The van der Waals surface area contributed by atoms with Gasteiger partial charge in [0.2, 0.25) is 11.8 Å². The highest BCUT2D eigenvalue weighted by molar-refractivity contribution is 6.05. The molecule has 2 aromatic carbocycles. The number of amides is 3. The standard InChI is InChI=1S/C22H24N2O5/c1-4-22(10-9-19(25)24-21(22)27)15-5-7-16(8-6-15)23-20(26)14-11-17(28-2)13-18(12-14)29-3/h5-8,11-13H,4,9-10H2,1-3H3,(H,23,26)(H,24,25,27)/t22-/m0/s1. The zero-order valence-electron chi connectivity index (χ0n) is 16.7. The smallest absolute Gasteiger partial charge is 0.255 e. The summed E-state index contributed by atoms with van der Waals surface area (Å²) in [4.78, 5) is 36.6. The lowest BCUT2D eigenvalue weighted by Gasteiger charge is -2.35. The second-order valence-electron chi connectivity index (χ2n) is 6.95. The largest absolute Gasteiger partial charge is 0.497 e. The first-order chi connectivity index (χ1) is 13.9. The van der Waals surface area contributed by atoms with Gasteiger partial charge >= 0.3 is 0 Å². The molecule has 1 saturated heterocycles. The lowest BCUT2D eigenvalue weighted by Crippen LogP contribution is -2.51. The zero-order chi connectivity index (χ0) is 21.0. The summed E-state index contributed by atoms with van der Waals surface area (Å²) in [5, 5.41) is 5.27. The molecule has 3 amide bonds. The van der Waals surface area contributed by atoms with Crippen LogP contribution >= 0.6 is 0 Å². The van der Waals surface area contributed by atoms with Gasteiger partial charge in [-0.15, -0.1) is 0 Å². The molecule has 1 atom stereocenters. The van der Waals surface area contributed by atoms with Crippen molar-refractivity contribution in [2.24, 2.45) is 0 Å². The van der Waals surface area contributed by atoms with Crippen molar-refractivity contribution in [3.8, 4) is 11.5 Å². The average Bonchev–Trinajstić information content (AvgIpc) is 2.74. The number of methoxy groups -OCH3 is 2. The Balaban J connectivity index is 1.79. The molecule has 152 valence electrons. The Kier molecular flexibility index (Phi) is 5.87. The summed E-state index contributed by atoms with van der Waals surface area (Å²) >= 11 is 0. The van der Waals surface area contributed by atoms with Gasteiger partial charge in [-0.05, 0) is 42.7 Å². The molecule has 1 aliphatic rings. The summed E-state index contributed by atoms with van der Waals surface area (Å²) in [5.74, 6) is 0.231. The number of nitrogens with one attached hydrogen (secondary N) is 2. The Morgan fingerprint density at radius 2 is 1.69 bits per heavy atom. The molecular formula is C22H24N2O5. The Morgan fingerprint density at radius 1 is 1.07 bits per heavy atom. The van der Waals surface area contributed by atoms with Crippen LogP contribution in [0.2, 0.25) is 0 Å². The van der Waals surface area contributed by atoms with Crippen LogP contribution in [0.5, 0.6) is 11.5 Å². The minimum Gasteiger partial charge on any atom is -0.497 e. The Hall–Kier alpha value is -3.35. The number of anilines is 1. The molecular weight excluding hydrogens is 372 g/mol. The molecule has 3 rings (SSSR count). The highest BCUT2D eigenvalue weighted by atomic mass is 16.5. The Labute approximate surface area is 169 Å². The second-order valence-corrected chi connectivity index (χ2v) is 6.95. The average molecular weight is 396 g/mol. The van der Waals surface area contributed by atoms with Crippen LogP contribution in [0.15, 0.2) is 42.5 Å². The summed E-state index contributed by atoms with van der Waals surface area (Å²) in [7, 11) is 3.04. The van der Waals surface area contributed by atoms with Crippen molar-refractivity contribution in [2.75, 3.05) is 19.5 Å². The lowest BCUT2D eigenvalue weighted by molar-refractivity contribution is -0.138. The van der Waals surface area contributed by atoms with Crippen molar-refractivity contribution >= 4 is 23.4 Å². The van der Waals surface area contributed by atoms with Gasteiger partial charge in [-0.2, -0.15) is 0 Å². The van der Waals surface area contributed by atoms with E-state index in [-0.39, 0.29) is 17.7 Å². The van der Waals surface area contributed by atoms with E-state index < -0.39 is 5.41 Å². The summed E-state index contributed by atoms with van der Waals surface area (Å²) < 4.78 is 10.4. The number of benzene rings is 2. The van der Waals surface area contributed by atoms with Crippen LogP contribution in [0.1, 0.15) is 42.1 Å². The first kappa shape index (κ1) is 20.4. The molecule has 1 fully saturated rings. The maximum Gasteiger partial charge on any atom is 0.255 e. The van der Waals surface area contributed by atoms with E-state index in [1.807, 2.05) is 19.1 Å². The molecule has 0 bridgehead atoms. The van der Waals surface area contributed by atoms with Crippen LogP contribution in [-0.4, -0.2) is 31.9 Å². The van der Waals surface area contributed by atoms with Gasteiger partial charge in [0.05, 0.1) is 19.6 Å². The van der Waals surface area contributed by atoms with Gasteiger partial charge in [-0.3, -0.25) is 19.7 Å². The van der Waals surface area contributed by atoms with Crippen molar-refractivity contribution in [3.05, 3.63) is 53.6 Å². The fourth-order valence-electron chi connectivity index (χ4n) is 3.58. The number of hydrogen-bond donors (Lipinski definition) is 2. The number of hydrogen-bond acceptors (Lipinski definition) is 5. The van der Waals surface area contributed by atoms with Crippen LogP contribution in [0, 0.1) is 0 Å². The van der Waals surface area contributed by atoms with E-state index in [0.717, 1.165) is 5.56 Å². The number of piperidine rings is 1. The third kappa shape index (κ3) is 4.08. The molecule has 2 aromatic rings. The zero-order valence-corrected chi connectivity index (χ0v) is 16.7. The number of carbonyl (C=O) groups is 3. The van der Waals surface area contributed by atoms with Crippen LogP contribution in [0.4, 0.5) is 5.69 Å². The molecule has 0 aromatic heterocycles. The molecule has 0 radical (unpaired) electrons. The monoisotopic (exact) mass is 396 g/mol. The van der Waals surface area contributed by atoms with E-state index >= 15 is 0 Å². The van der Waals surface area contributed by atoms with E-state index in [2.05, 4.69) is 10.6 Å². The highest BCUT2D eigenvalue weighted by Crippen LogP contribution is 2.36. The van der Waals surface area contributed by atoms with Crippen LogP contribution < -0.4 is 20.1 Å². The van der Waals surface area contributed by atoms with Gasteiger partial charge in [-0.1, -0.05) is 19.1 Å². The van der Waals surface area contributed by atoms with Gasteiger partial charge in [0.1, 0.15) is 11.5 Å². The molecule has 2 N–H and O–H groups in total. The SMILES string of the molecule is CC[C@@]1(c2ccc(NC(=O)c3cc(OC)cc(OC)c3)cc2)CCC(=O)NC1=O. The second kappa shape index (κ2) is 8.34. The normalized spacial score (nSPS) is 18.7. The highest BCUT2D eigenvalue weighted by Gasteiger charge is 2.42. The van der Waals surface area contributed by atoms with Crippen molar-refractivity contribution in [3.63, 3.8) is 0 Å². The van der Waals surface area contributed by atoms with Crippen molar-refractivity contribution in [2.45, 2.75) is 31.6 Å². The molecule has 1 aliphatic heterocycles. The topological polar surface area (TPSA) is 93.7 Å². The molecule has 7 nitrogen and oxygen atoms in total. The number of rotatable bonds is 6. The molecule has 1 heterocycles. The number of imide groups is 1. The van der Waals surface area contributed by atoms with Gasteiger partial charge < -0.3 is 14.8 Å². The first-order valence-electron chi connectivity index (χ1n) is 9.41. The van der Waals surface area contributed by atoms with E-state index in [1.165, 1.54) is 14.2 Å². The molecule has 0 spiro atoms. The molecule has 0 aliphatic carbocycles. The van der Waals surface area contributed by atoms with E-state index in [4.69, 9.17) is 9.47 Å². The van der Waals surface area contributed by atoms with Crippen LogP contribution in [0.3, 0.4) is 0 Å². The van der Waals surface area contributed by atoms with Crippen LogP contribution in [-0.2, 0) is 15.0 Å². The number of ether oxygens (including phenoxy) is 2.